The van der Waals surface area contributed by atoms with Crippen molar-refractivity contribution >= 4 is 0 Å². The van der Waals surface area contributed by atoms with E-state index >= 15 is 0 Å². The van der Waals surface area contributed by atoms with E-state index < -0.39 is 5.79 Å². The highest BCUT2D eigenvalue weighted by Gasteiger charge is 2.42. The maximum atomic E-state index is 9.99. The van der Waals surface area contributed by atoms with Gasteiger partial charge >= 0.3 is 0 Å². The molecule has 3 nitrogen and oxygen atoms in total. The van der Waals surface area contributed by atoms with Crippen LogP contribution in [0.25, 0.3) is 0 Å². The number of hydrogen-bond donors (Lipinski definition) is 1. The average molecular weight is 216 g/mol. The first-order valence-corrected chi connectivity index (χ1v) is 5.79. The van der Waals surface area contributed by atoms with Gasteiger partial charge in [-0.2, -0.15) is 0 Å². The highest BCUT2D eigenvalue weighted by molar-refractivity contribution is 4.88. The van der Waals surface area contributed by atoms with Crippen molar-refractivity contribution in [2.45, 2.75) is 65.5 Å². The van der Waals surface area contributed by atoms with Crippen LogP contribution in [0, 0.1) is 5.41 Å². The van der Waals surface area contributed by atoms with Crippen molar-refractivity contribution < 1.29 is 14.6 Å². The van der Waals surface area contributed by atoms with Gasteiger partial charge in [-0.15, -0.1) is 0 Å². The van der Waals surface area contributed by atoms with Crippen molar-refractivity contribution in [3.05, 3.63) is 0 Å². The van der Waals surface area contributed by atoms with Crippen LogP contribution in [-0.2, 0) is 9.47 Å². The summed E-state index contributed by atoms with van der Waals surface area (Å²) in [5, 5.41) is 9.99. The molecule has 0 aliphatic carbocycles. The number of aliphatic hydroxyl groups excluding tert-OH is 1. The van der Waals surface area contributed by atoms with Crippen LogP contribution in [0.1, 0.15) is 47.5 Å². The van der Waals surface area contributed by atoms with Gasteiger partial charge in [0.25, 0.3) is 0 Å². The highest BCUT2D eigenvalue weighted by Crippen LogP contribution is 2.36. The van der Waals surface area contributed by atoms with Gasteiger partial charge < -0.3 is 14.6 Å². The Morgan fingerprint density at radius 2 is 2.07 bits per heavy atom. The predicted molar refractivity (Wildman–Crippen MR) is 59.6 cm³/mol. The van der Waals surface area contributed by atoms with Crippen molar-refractivity contribution in [2.24, 2.45) is 5.41 Å². The zero-order valence-electron chi connectivity index (χ0n) is 10.5. The van der Waals surface area contributed by atoms with E-state index in [2.05, 4.69) is 13.8 Å². The van der Waals surface area contributed by atoms with Crippen molar-refractivity contribution in [1.29, 1.82) is 0 Å². The van der Waals surface area contributed by atoms with Crippen molar-refractivity contribution in [2.75, 3.05) is 6.61 Å². The summed E-state index contributed by atoms with van der Waals surface area (Å²) in [6.45, 7) is 10.7. The first-order chi connectivity index (χ1) is 6.79. The molecule has 0 amide bonds. The third kappa shape index (κ3) is 2.92. The van der Waals surface area contributed by atoms with Gasteiger partial charge in [0.15, 0.2) is 5.79 Å². The Hall–Kier alpha value is -0.120. The lowest BCUT2D eigenvalue weighted by Crippen LogP contribution is -2.50. The zero-order valence-corrected chi connectivity index (χ0v) is 10.5. The molecule has 3 heteroatoms. The SMILES string of the molecule is CCC(O)C(C)(C)[C@@H]1CCOC(C)(C)O1. The van der Waals surface area contributed by atoms with Crippen LogP contribution < -0.4 is 0 Å². The molecule has 0 bridgehead atoms. The lowest BCUT2D eigenvalue weighted by molar-refractivity contribution is -0.298. The topological polar surface area (TPSA) is 38.7 Å². The Balaban J connectivity index is 2.70. The monoisotopic (exact) mass is 216 g/mol. The minimum absolute atomic E-state index is 0.0659. The number of ether oxygens (including phenoxy) is 2. The minimum atomic E-state index is -0.520. The van der Waals surface area contributed by atoms with Crippen LogP contribution in [0.3, 0.4) is 0 Å². The number of aliphatic hydroxyl groups is 1. The standard InChI is InChI=1S/C12H24O3/c1-6-9(13)11(2,3)10-7-8-14-12(4,5)15-10/h9-10,13H,6-8H2,1-5H3/t9?,10-/m0/s1. The summed E-state index contributed by atoms with van der Waals surface area (Å²) in [5.41, 5.74) is -0.212. The quantitative estimate of drug-likeness (QED) is 0.787. The van der Waals surface area contributed by atoms with Crippen molar-refractivity contribution in [3.8, 4) is 0 Å². The molecule has 0 spiro atoms. The van der Waals surface area contributed by atoms with Crippen molar-refractivity contribution in [3.63, 3.8) is 0 Å². The smallest absolute Gasteiger partial charge is 0.163 e. The molecule has 0 saturated carbocycles. The van der Waals surface area contributed by atoms with Gasteiger partial charge in [-0.3, -0.25) is 0 Å². The van der Waals surface area contributed by atoms with Crippen LogP contribution >= 0.6 is 0 Å². The Morgan fingerprint density at radius 3 is 2.53 bits per heavy atom. The van der Waals surface area contributed by atoms with E-state index in [1.807, 2.05) is 20.8 Å². The Bertz CT molecular complexity index is 211. The van der Waals surface area contributed by atoms with E-state index in [1.54, 1.807) is 0 Å². The molecule has 0 aromatic carbocycles. The lowest BCUT2D eigenvalue weighted by atomic mass is 9.78. The van der Waals surface area contributed by atoms with Gasteiger partial charge in [-0.1, -0.05) is 20.8 Å². The number of hydrogen-bond acceptors (Lipinski definition) is 3. The van der Waals surface area contributed by atoms with E-state index in [0.717, 1.165) is 12.8 Å². The van der Waals surface area contributed by atoms with Gasteiger partial charge in [0, 0.05) is 5.41 Å². The molecule has 90 valence electrons. The fraction of sp³-hybridized carbons (Fsp3) is 1.00. The second kappa shape index (κ2) is 4.40. The second-order valence-electron chi connectivity index (χ2n) is 5.39. The first kappa shape index (κ1) is 12.9. The molecule has 1 rings (SSSR count). The first-order valence-electron chi connectivity index (χ1n) is 5.79. The summed E-state index contributed by atoms with van der Waals surface area (Å²) in [7, 11) is 0. The molecule has 0 aromatic heterocycles. The second-order valence-corrected chi connectivity index (χ2v) is 5.39. The fourth-order valence-electron chi connectivity index (χ4n) is 2.11. The molecule has 0 radical (unpaired) electrons. The molecular formula is C12H24O3. The molecule has 1 fully saturated rings. The third-order valence-electron chi connectivity index (χ3n) is 3.33. The Labute approximate surface area is 92.8 Å². The predicted octanol–water partition coefficient (Wildman–Crippen LogP) is 2.33. The molecule has 1 aliphatic rings. The van der Waals surface area contributed by atoms with E-state index in [4.69, 9.17) is 9.47 Å². The summed E-state index contributed by atoms with van der Waals surface area (Å²) in [4.78, 5) is 0. The van der Waals surface area contributed by atoms with Crippen LogP contribution in [0.15, 0.2) is 0 Å². The third-order valence-corrected chi connectivity index (χ3v) is 3.33. The Morgan fingerprint density at radius 1 is 1.47 bits per heavy atom. The molecule has 0 aromatic rings. The van der Waals surface area contributed by atoms with Crippen LogP contribution in [-0.4, -0.2) is 29.7 Å². The fourth-order valence-corrected chi connectivity index (χ4v) is 2.11. The van der Waals surface area contributed by atoms with Crippen molar-refractivity contribution in [1.82, 2.24) is 0 Å². The largest absolute Gasteiger partial charge is 0.392 e. The van der Waals surface area contributed by atoms with E-state index in [1.165, 1.54) is 0 Å². The van der Waals surface area contributed by atoms with E-state index in [9.17, 15) is 5.11 Å². The summed E-state index contributed by atoms with van der Waals surface area (Å²) in [6, 6.07) is 0. The normalized spacial score (nSPS) is 28.8. The molecule has 1 unspecified atom stereocenters. The zero-order chi connectivity index (χ0) is 11.7. The summed E-state index contributed by atoms with van der Waals surface area (Å²) in [6.07, 6.45) is 1.36. The van der Waals surface area contributed by atoms with Crippen LogP contribution in [0.5, 0.6) is 0 Å². The van der Waals surface area contributed by atoms with Gasteiger partial charge in [0.2, 0.25) is 0 Å². The molecule has 15 heavy (non-hydrogen) atoms. The van der Waals surface area contributed by atoms with E-state index in [-0.39, 0.29) is 17.6 Å². The molecular weight excluding hydrogens is 192 g/mol. The highest BCUT2D eigenvalue weighted by atomic mass is 16.7. The Kier molecular flexibility index (Phi) is 3.80. The molecule has 1 heterocycles. The molecule has 1 aliphatic heterocycles. The van der Waals surface area contributed by atoms with Gasteiger partial charge in [0.1, 0.15) is 0 Å². The lowest BCUT2D eigenvalue weighted by Gasteiger charge is -2.45. The summed E-state index contributed by atoms with van der Waals surface area (Å²) < 4.78 is 11.4. The summed E-state index contributed by atoms with van der Waals surface area (Å²) >= 11 is 0. The van der Waals surface area contributed by atoms with Gasteiger partial charge in [-0.25, -0.2) is 0 Å². The maximum absolute atomic E-state index is 9.99. The van der Waals surface area contributed by atoms with Crippen LogP contribution in [0.4, 0.5) is 0 Å². The van der Waals surface area contributed by atoms with E-state index in [0.29, 0.717) is 6.61 Å². The summed E-state index contributed by atoms with van der Waals surface area (Å²) in [5.74, 6) is -0.520. The number of rotatable bonds is 3. The van der Waals surface area contributed by atoms with Gasteiger partial charge in [0.05, 0.1) is 18.8 Å². The minimum Gasteiger partial charge on any atom is -0.392 e. The molecule has 1 saturated heterocycles. The van der Waals surface area contributed by atoms with Crippen LogP contribution in [0.2, 0.25) is 0 Å². The molecule has 2 atom stereocenters. The average Bonchev–Trinajstić information content (AvgIpc) is 2.15. The van der Waals surface area contributed by atoms with Gasteiger partial charge in [-0.05, 0) is 26.7 Å². The maximum Gasteiger partial charge on any atom is 0.163 e. The molecule has 1 N–H and O–H groups in total.